The number of anilines is 1. The summed E-state index contributed by atoms with van der Waals surface area (Å²) in [5, 5.41) is 0. The number of benzene rings is 2. The smallest absolute Gasteiger partial charge is 0.419 e. The van der Waals surface area contributed by atoms with Gasteiger partial charge in [-0.25, -0.2) is 13.2 Å². The van der Waals surface area contributed by atoms with Gasteiger partial charge >= 0.3 is 5.76 Å². The molecule has 120 valence electrons. The first kappa shape index (κ1) is 15.2. The van der Waals surface area contributed by atoms with Gasteiger partial charge < -0.3 is 9.15 Å². The van der Waals surface area contributed by atoms with E-state index in [-0.39, 0.29) is 4.90 Å². The summed E-state index contributed by atoms with van der Waals surface area (Å²) < 4.78 is 38.8. The van der Waals surface area contributed by atoms with E-state index in [1.54, 1.807) is 24.3 Å². The molecule has 3 aromatic rings. The first-order valence-electron chi connectivity index (χ1n) is 6.67. The standard InChI is InChI=1S/C15H14N2O5S/c1-17-13-9-12(6-7-14(13)22-15(17)18)23(19,20)16-10-4-3-5-11(8-10)21-2/h3-9,16H,1-2H3. The maximum atomic E-state index is 12.5. The van der Waals surface area contributed by atoms with Crippen LogP contribution in [0.5, 0.6) is 5.75 Å². The number of nitrogens with zero attached hydrogens (tertiary/aromatic N) is 1. The van der Waals surface area contributed by atoms with Crippen molar-refractivity contribution in [3.63, 3.8) is 0 Å². The van der Waals surface area contributed by atoms with Crippen molar-refractivity contribution in [2.45, 2.75) is 4.90 Å². The first-order valence-corrected chi connectivity index (χ1v) is 8.15. The summed E-state index contributed by atoms with van der Waals surface area (Å²) >= 11 is 0. The number of oxazole rings is 1. The van der Waals surface area contributed by atoms with Gasteiger partial charge in [0, 0.05) is 13.1 Å². The Labute approximate surface area is 132 Å². The van der Waals surface area contributed by atoms with Crippen molar-refractivity contribution < 1.29 is 17.6 Å². The maximum Gasteiger partial charge on any atom is 0.419 e. The molecule has 3 rings (SSSR count). The molecule has 0 unspecified atom stereocenters. The van der Waals surface area contributed by atoms with E-state index in [0.29, 0.717) is 22.5 Å². The minimum Gasteiger partial charge on any atom is -0.497 e. The lowest BCUT2D eigenvalue weighted by atomic mass is 10.3. The van der Waals surface area contributed by atoms with E-state index in [0.717, 1.165) is 0 Å². The third-order valence-electron chi connectivity index (χ3n) is 3.40. The van der Waals surface area contributed by atoms with Crippen molar-refractivity contribution >= 4 is 26.8 Å². The number of rotatable bonds is 4. The topological polar surface area (TPSA) is 90.5 Å². The molecule has 0 saturated carbocycles. The lowest BCUT2D eigenvalue weighted by Crippen LogP contribution is -2.13. The fourth-order valence-electron chi connectivity index (χ4n) is 2.17. The Balaban J connectivity index is 2.01. The Morgan fingerprint density at radius 1 is 1.17 bits per heavy atom. The van der Waals surface area contributed by atoms with Crippen LogP contribution in [0.15, 0.2) is 56.6 Å². The number of methoxy groups -OCH3 is 1. The molecule has 0 atom stereocenters. The Morgan fingerprint density at radius 2 is 1.96 bits per heavy atom. The summed E-state index contributed by atoms with van der Waals surface area (Å²) in [6, 6.07) is 10.8. The summed E-state index contributed by atoms with van der Waals surface area (Å²) in [5.41, 5.74) is 1.12. The molecule has 7 nitrogen and oxygen atoms in total. The van der Waals surface area contributed by atoms with E-state index < -0.39 is 15.8 Å². The van der Waals surface area contributed by atoms with Crippen LogP contribution in [0.3, 0.4) is 0 Å². The Bertz CT molecular complexity index is 1030. The third-order valence-corrected chi connectivity index (χ3v) is 4.77. The van der Waals surface area contributed by atoms with Gasteiger partial charge in [0.2, 0.25) is 0 Å². The van der Waals surface area contributed by atoms with Gasteiger partial charge in [0.05, 0.1) is 23.2 Å². The van der Waals surface area contributed by atoms with Crippen LogP contribution in [0.1, 0.15) is 0 Å². The molecule has 1 N–H and O–H groups in total. The molecule has 1 aromatic heterocycles. The minimum absolute atomic E-state index is 0.0317. The number of nitrogens with one attached hydrogen (secondary N) is 1. The van der Waals surface area contributed by atoms with Crippen LogP contribution in [0.25, 0.3) is 11.1 Å². The zero-order valence-electron chi connectivity index (χ0n) is 12.4. The molecule has 2 aromatic carbocycles. The predicted octanol–water partition coefficient (Wildman–Crippen LogP) is 1.94. The van der Waals surface area contributed by atoms with Crippen LogP contribution in [-0.2, 0) is 17.1 Å². The SMILES string of the molecule is COc1cccc(NS(=O)(=O)c2ccc3oc(=O)n(C)c3c2)c1. The van der Waals surface area contributed by atoms with Gasteiger partial charge in [0.25, 0.3) is 10.0 Å². The van der Waals surface area contributed by atoms with Crippen molar-refractivity contribution in [1.82, 2.24) is 4.57 Å². The first-order chi connectivity index (χ1) is 10.9. The second-order valence-electron chi connectivity index (χ2n) is 4.89. The van der Waals surface area contributed by atoms with Crippen LogP contribution < -0.4 is 15.2 Å². The van der Waals surface area contributed by atoms with Crippen molar-refractivity contribution in [2.24, 2.45) is 7.05 Å². The highest BCUT2D eigenvalue weighted by molar-refractivity contribution is 7.92. The van der Waals surface area contributed by atoms with Crippen LogP contribution in [0.4, 0.5) is 5.69 Å². The number of sulfonamides is 1. The monoisotopic (exact) mass is 334 g/mol. The third kappa shape index (κ3) is 2.80. The molecule has 23 heavy (non-hydrogen) atoms. The fourth-order valence-corrected chi connectivity index (χ4v) is 3.24. The molecule has 0 radical (unpaired) electrons. The van der Waals surface area contributed by atoms with E-state index in [9.17, 15) is 13.2 Å². The molecular weight excluding hydrogens is 320 g/mol. The number of aromatic nitrogens is 1. The molecule has 8 heteroatoms. The fraction of sp³-hybridized carbons (Fsp3) is 0.133. The van der Waals surface area contributed by atoms with Gasteiger partial charge in [-0.05, 0) is 30.3 Å². The lowest BCUT2D eigenvalue weighted by molar-refractivity contribution is 0.415. The number of ether oxygens (including phenoxy) is 1. The highest BCUT2D eigenvalue weighted by Crippen LogP contribution is 2.22. The van der Waals surface area contributed by atoms with E-state index in [1.807, 2.05) is 0 Å². The molecule has 0 aliphatic rings. The molecular formula is C15H14N2O5S. The highest BCUT2D eigenvalue weighted by atomic mass is 32.2. The van der Waals surface area contributed by atoms with Crippen molar-refractivity contribution in [2.75, 3.05) is 11.8 Å². The lowest BCUT2D eigenvalue weighted by Gasteiger charge is -2.09. The second-order valence-corrected chi connectivity index (χ2v) is 6.58. The van der Waals surface area contributed by atoms with Crippen LogP contribution in [-0.4, -0.2) is 20.1 Å². The van der Waals surface area contributed by atoms with Crippen molar-refractivity contribution in [3.8, 4) is 5.75 Å². The normalized spacial score (nSPS) is 11.6. The van der Waals surface area contributed by atoms with E-state index in [4.69, 9.17) is 9.15 Å². The van der Waals surface area contributed by atoms with Crippen molar-refractivity contribution in [1.29, 1.82) is 0 Å². The number of fused-ring (bicyclic) bond motifs is 1. The Morgan fingerprint density at radius 3 is 2.70 bits per heavy atom. The number of aryl methyl sites for hydroxylation is 1. The molecule has 0 aliphatic heterocycles. The quantitative estimate of drug-likeness (QED) is 0.787. The number of hydrogen-bond acceptors (Lipinski definition) is 5. The summed E-state index contributed by atoms with van der Waals surface area (Å²) in [6.07, 6.45) is 0. The Hall–Kier alpha value is -2.74. The average Bonchev–Trinajstić information content (AvgIpc) is 2.81. The highest BCUT2D eigenvalue weighted by Gasteiger charge is 2.17. The maximum absolute atomic E-state index is 12.5. The summed E-state index contributed by atoms with van der Waals surface area (Å²) in [5.74, 6) is -0.00631. The Kier molecular flexibility index (Phi) is 3.61. The zero-order valence-corrected chi connectivity index (χ0v) is 13.3. The molecule has 0 bridgehead atoms. The van der Waals surface area contributed by atoms with Crippen molar-refractivity contribution in [3.05, 3.63) is 53.0 Å². The van der Waals surface area contributed by atoms with Gasteiger partial charge in [-0.1, -0.05) is 6.07 Å². The van der Waals surface area contributed by atoms with Gasteiger partial charge in [0.1, 0.15) is 5.75 Å². The second kappa shape index (κ2) is 5.47. The molecule has 0 saturated heterocycles. The minimum atomic E-state index is -3.80. The van der Waals surface area contributed by atoms with Crippen LogP contribution in [0, 0.1) is 0 Å². The average molecular weight is 334 g/mol. The summed E-state index contributed by atoms with van der Waals surface area (Å²) in [7, 11) is -0.785. The molecule has 0 aliphatic carbocycles. The molecule has 1 heterocycles. The zero-order chi connectivity index (χ0) is 16.6. The molecule has 0 fully saturated rings. The van der Waals surface area contributed by atoms with E-state index in [2.05, 4.69) is 4.72 Å². The summed E-state index contributed by atoms with van der Waals surface area (Å²) in [4.78, 5) is 11.5. The predicted molar refractivity (Wildman–Crippen MR) is 85.3 cm³/mol. The van der Waals surface area contributed by atoms with Gasteiger partial charge in [-0.3, -0.25) is 9.29 Å². The largest absolute Gasteiger partial charge is 0.497 e. The number of hydrogen-bond donors (Lipinski definition) is 1. The summed E-state index contributed by atoms with van der Waals surface area (Å²) in [6.45, 7) is 0. The van der Waals surface area contributed by atoms with Gasteiger partial charge in [0.15, 0.2) is 5.58 Å². The van der Waals surface area contributed by atoms with E-state index >= 15 is 0 Å². The van der Waals surface area contributed by atoms with Crippen LogP contribution in [0.2, 0.25) is 0 Å². The van der Waals surface area contributed by atoms with Crippen LogP contribution >= 0.6 is 0 Å². The van der Waals surface area contributed by atoms with Gasteiger partial charge in [-0.15, -0.1) is 0 Å². The molecule has 0 spiro atoms. The molecule has 0 amide bonds. The van der Waals surface area contributed by atoms with E-state index in [1.165, 1.54) is 36.9 Å². The van der Waals surface area contributed by atoms with Gasteiger partial charge in [-0.2, -0.15) is 0 Å².